The van der Waals surface area contributed by atoms with Crippen molar-refractivity contribution >= 4 is 40.2 Å². The fourth-order valence-electron chi connectivity index (χ4n) is 4.62. The molecule has 0 unspecified atom stereocenters. The van der Waals surface area contributed by atoms with Crippen LogP contribution in [0.4, 0.5) is 11.8 Å². The standard InChI is InChI=1S/C28H36ClN5O2/c1-28(2,36-22-15-9-19(29)10-16-22)18-17-25(35)30-20-11-13-21(14-12-20)31-27-32-24-8-6-5-7-23(24)26(33-27)34(3)4/h5-10,15-16,20-21H,11-14,17-18H2,1-4H3,(H,30,35)(H,31,32,33)/t20-,21+. The zero-order valence-corrected chi connectivity index (χ0v) is 22.3. The van der Waals surface area contributed by atoms with E-state index in [2.05, 4.69) is 10.6 Å². The number of carbonyl (C=O) groups excluding carboxylic acids is 1. The van der Waals surface area contributed by atoms with Gasteiger partial charge in [-0.1, -0.05) is 23.7 Å². The maximum atomic E-state index is 12.6. The van der Waals surface area contributed by atoms with Crippen molar-refractivity contribution in [2.45, 2.75) is 70.1 Å². The zero-order chi connectivity index (χ0) is 25.7. The molecule has 1 aliphatic carbocycles. The van der Waals surface area contributed by atoms with E-state index >= 15 is 0 Å². The van der Waals surface area contributed by atoms with Gasteiger partial charge in [-0.25, -0.2) is 4.98 Å². The molecule has 2 aromatic carbocycles. The molecule has 1 aromatic heterocycles. The molecule has 3 aromatic rings. The topological polar surface area (TPSA) is 79.4 Å². The molecule has 0 spiro atoms. The van der Waals surface area contributed by atoms with Crippen LogP contribution in [0, 0.1) is 0 Å². The van der Waals surface area contributed by atoms with Crippen LogP contribution in [0.25, 0.3) is 10.9 Å². The molecular formula is C28H36ClN5O2. The average molecular weight is 510 g/mol. The minimum absolute atomic E-state index is 0.0766. The van der Waals surface area contributed by atoms with E-state index in [9.17, 15) is 4.79 Å². The SMILES string of the molecule is CN(C)c1nc(N[C@H]2CC[C@@H](NC(=O)CCC(C)(C)Oc3ccc(Cl)cc3)CC2)nc2ccccc12. The van der Waals surface area contributed by atoms with Crippen LogP contribution in [0.2, 0.25) is 5.02 Å². The lowest BCUT2D eigenvalue weighted by atomic mass is 9.91. The number of rotatable bonds is 9. The van der Waals surface area contributed by atoms with Crippen LogP contribution < -0.4 is 20.3 Å². The maximum absolute atomic E-state index is 12.6. The highest BCUT2D eigenvalue weighted by molar-refractivity contribution is 6.30. The Morgan fingerprint density at radius 3 is 2.39 bits per heavy atom. The first-order valence-corrected chi connectivity index (χ1v) is 13.0. The van der Waals surface area contributed by atoms with Crippen LogP contribution in [0.5, 0.6) is 5.75 Å². The van der Waals surface area contributed by atoms with Gasteiger partial charge in [-0.05, 0) is 82.3 Å². The third-order valence-electron chi connectivity index (χ3n) is 6.59. The van der Waals surface area contributed by atoms with E-state index in [4.69, 9.17) is 26.3 Å². The molecule has 2 N–H and O–H groups in total. The number of nitrogens with one attached hydrogen (secondary N) is 2. The lowest BCUT2D eigenvalue weighted by Gasteiger charge is -2.30. The van der Waals surface area contributed by atoms with Gasteiger partial charge in [0.2, 0.25) is 11.9 Å². The van der Waals surface area contributed by atoms with Crippen LogP contribution in [-0.2, 0) is 4.79 Å². The van der Waals surface area contributed by atoms with Gasteiger partial charge < -0.3 is 20.3 Å². The summed E-state index contributed by atoms with van der Waals surface area (Å²) in [6.45, 7) is 4.00. The molecule has 0 bridgehead atoms. The van der Waals surface area contributed by atoms with E-state index in [1.165, 1.54) is 0 Å². The van der Waals surface area contributed by atoms with Crippen LogP contribution in [0.3, 0.4) is 0 Å². The number of para-hydroxylation sites is 1. The summed E-state index contributed by atoms with van der Waals surface area (Å²) in [6.07, 6.45) is 4.85. The normalized spacial score (nSPS) is 18.0. The summed E-state index contributed by atoms with van der Waals surface area (Å²) in [5.74, 6) is 2.40. The third-order valence-corrected chi connectivity index (χ3v) is 6.85. The minimum Gasteiger partial charge on any atom is -0.488 e. The lowest BCUT2D eigenvalue weighted by Crippen LogP contribution is -2.41. The molecule has 36 heavy (non-hydrogen) atoms. The Morgan fingerprint density at radius 2 is 1.69 bits per heavy atom. The summed E-state index contributed by atoms with van der Waals surface area (Å²) >= 11 is 5.95. The molecule has 1 fully saturated rings. The minimum atomic E-state index is -0.446. The van der Waals surface area contributed by atoms with Crippen molar-refractivity contribution in [1.82, 2.24) is 15.3 Å². The molecular weight excluding hydrogens is 474 g/mol. The molecule has 8 heteroatoms. The number of nitrogens with zero attached hydrogens (tertiary/aromatic N) is 3. The van der Waals surface area contributed by atoms with Crippen LogP contribution >= 0.6 is 11.6 Å². The predicted octanol–water partition coefficient (Wildman–Crippen LogP) is 5.83. The molecule has 192 valence electrons. The Kier molecular flexibility index (Phi) is 8.19. The summed E-state index contributed by atoms with van der Waals surface area (Å²) in [7, 11) is 3.99. The Hall–Kier alpha value is -3.06. The number of benzene rings is 2. The molecule has 1 heterocycles. The molecule has 1 saturated carbocycles. The molecule has 4 rings (SSSR count). The van der Waals surface area contributed by atoms with Crippen molar-refractivity contribution < 1.29 is 9.53 Å². The van der Waals surface area contributed by atoms with E-state index in [-0.39, 0.29) is 11.9 Å². The van der Waals surface area contributed by atoms with E-state index < -0.39 is 5.60 Å². The molecule has 1 amide bonds. The number of amides is 1. The van der Waals surface area contributed by atoms with Gasteiger partial charge >= 0.3 is 0 Å². The Bertz CT molecular complexity index is 1170. The van der Waals surface area contributed by atoms with Crippen molar-refractivity contribution in [3.05, 3.63) is 53.6 Å². The molecule has 7 nitrogen and oxygen atoms in total. The van der Waals surface area contributed by atoms with Gasteiger partial charge in [0.15, 0.2) is 0 Å². The summed E-state index contributed by atoms with van der Waals surface area (Å²) < 4.78 is 6.06. The van der Waals surface area contributed by atoms with Crippen molar-refractivity contribution in [3.63, 3.8) is 0 Å². The first-order valence-electron chi connectivity index (χ1n) is 12.6. The first-order chi connectivity index (χ1) is 17.2. The highest BCUT2D eigenvalue weighted by Gasteiger charge is 2.25. The average Bonchev–Trinajstić information content (AvgIpc) is 2.85. The highest BCUT2D eigenvalue weighted by Crippen LogP contribution is 2.27. The second kappa shape index (κ2) is 11.3. The van der Waals surface area contributed by atoms with Gasteiger partial charge in [0.05, 0.1) is 5.52 Å². The number of hydrogen-bond acceptors (Lipinski definition) is 6. The molecule has 0 radical (unpaired) electrons. The molecule has 1 aliphatic rings. The van der Waals surface area contributed by atoms with Crippen molar-refractivity contribution in [1.29, 1.82) is 0 Å². The van der Waals surface area contributed by atoms with Gasteiger partial charge in [0.1, 0.15) is 17.2 Å². The Labute approximate surface area is 218 Å². The summed E-state index contributed by atoms with van der Waals surface area (Å²) in [5, 5.41) is 8.46. The van der Waals surface area contributed by atoms with Gasteiger partial charge in [0, 0.05) is 43.0 Å². The van der Waals surface area contributed by atoms with Crippen molar-refractivity contribution in [3.8, 4) is 5.75 Å². The molecule has 0 aliphatic heterocycles. The van der Waals surface area contributed by atoms with Crippen molar-refractivity contribution in [2.75, 3.05) is 24.3 Å². The number of fused-ring (bicyclic) bond motifs is 1. The number of hydrogen-bond donors (Lipinski definition) is 2. The molecule has 0 saturated heterocycles. The highest BCUT2D eigenvalue weighted by atomic mass is 35.5. The number of carbonyl (C=O) groups is 1. The maximum Gasteiger partial charge on any atom is 0.225 e. The Balaban J connectivity index is 1.24. The van der Waals surface area contributed by atoms with E-state index in [1.54, 1.807) is 12.1 Å². The smallest absolute Gasteiger partial charge is 0.225 e. The van der Waals surface area contributed by atoms with Gasteiger partial charge in [-0.15, -0.1) is 0 Å². The first kappa shape index (κ1) is 26.0. The van der Waals surface area contributed by atoms with Crippen molar-refractivity contribution in [2.24, 2.45) is 0 Å². The van der Waals surface area contributed by atoms with Crippen LogP contribution in [-0.4, -0.2) is 47.7 Å². The summed E-state index contributed by atoms with van der Waals surface area (Å²) in [5.41, 5.74) is 0.487. The van der Waals surface area contributed by atoms with Gasteiger partial charge in [0.25, 0.3) is 0 Å². The summed E-state index contributed by atoms with van der Waals surface area (Å²) in [4.78, 5) is 24.1. The molecule has 0 atom stereocenters. The number of ether oxygens (including phenoxy) is 1. The predicted molar refractivity (Wildman–Crippen MR) is 147 cm³/mol. The number of halogens is 1. The summed E-state index contributed by atoms with van der Waals surface area (Å²) in [6, 6.07) is 15.9. The van der Waals surface area contributed by atoms with Crippen LogP contribution in [0.1, 0.15) is 52.4 Å². The van der Waals surface area contributed by atoms with E-state index in [0.717, 1.165) is 48.2 Å². The van der Waals surface area contributed by atoms with Gasteiger partial charge in [-0.3, -0.25) is 4.79 Å². The fourth-order valence-corrected chi connectivity index (χ4v) is 4.74. The number of aromatic nitrogens is 2. The van der Waals surface area contributed by atoms with Crippen LogP contribution in [0.15, 0.2) is 48.5 Å². The van der Waals surface area contributed by atoms with Gasteiger partial charge in [-0.2, -0.15) is 4.98 Å². The lowest BCUT2D eigenvalue weighted by molar-refractivity contribution is -0.122. The monoisotopic (exact) mass is 509 g/mol. The number of anilines is 2. The zero-order valence-electron chi connectivity index (χ0n) is 21.6. The second-order valence-corrected chi connectivity index (χ2v) is 10.8. The fraction of sp³-hybridized carbons (Fsp3) is 0.464. The van der Waals surface area contributed by atoms with E-state index in [0.29, 0.717) is 29.9 Å². The third kappa shape index (κ3) is 7.00. The largest absolute Gasteiger partial charge is 0.488 e. The Morgan fingerprint density at radius 1 is 1.03 bits per heavy atom. The quantitative estimate of drug-likeness (QED) is 0.378. The van der Waals surface area contributed by atoms with E-state index in [1.807, 2.05) is 69.2 Å². The second-order valence-electron chi connectivity index (χ2n) is 10.4.